The molecule has 10 heteroatoms. The molecule has 0 aromatic heterocycles. The van der Waals surface area contributed by atoms with Crippen LogP contribution in [0.5, 0.6) is 5.75 Å². The number of rotatable bonds is 9. The molecular weight excluding hydrogens is 424 g/mol. The van der Waals surface area contributed by atoms with Crippen LogP contribution in [0.3, 0.4) is 0 Å². The van der Waals surface area contributed by atoms with Crippen LogP contribution in [0, 0.1) is 5.41 Å². The number of hydrogen-bond acceptors (Lipinski definition) is 8. The summed E-state index contributed by atoms with van der Waals surface area (Å²) in [6.45, 7) is 1.84. The highest BCUT2D eigenvalue weighted by Crippen LogP contribution is 2.22. The number of para-hydroxylation sites is 1. The number of methoxy groups -OCH3 is 1. The van der Waals surface area contributed by atoms with E-state index in [1.807, 2.05) is 0 Å². The predicted octanol–water partition coefficient (Wildman–Crippen LogP) is 3.09. The number of hydrogen-bond donors (Lipinski definition) is 3. The van der Waals surface area contributed by atoms with Gasteiger partial charge in [0.05, 0.1) is 28.8 Å². The van der Waals surface area contributed by atoms with Crippen LogP contribution in [0.1, 0.15) is 24.2 Å². The lowest BCUT2D eigenvalue weighted by molar-refractivity contribution is -0.113. The van der Waals surface area contributed by atoms with E-state index < -0.39 is 34.1 Å². The second-order valence-corrected chi connectivity index (χ2v) is 8.09. The smallest absolute Gasteiger partial charge is 0.340 e. The van der Waals surface area contributed by atoms with Gasteiger partial charge in [-0.25, -0.2) is 13.2 Å². The molecule has 2 rings (SSSR count). The van der Waals surface area contributed by atoms with E-state index in [-0.39, 0.29) is 27.4 Å². The molecular formula is C21H22N2O7S. The summed E-state index contributed by atoms with van der Waals surface area (Å²) in [5, 5.41) is 17.6. The molecule has 164 valence electrons. The lowest BCUT2D eigenvalue weighted by Crippen LogP contribution is -2.18. The van der Waals surface area contributed by atoms with Gasteiger partial charge in [-0.15, -0.1) is 0 Å². The molecule has 0 saturated carbocycles. The Bertz CT molecular complexity index is 1120. The summed E-state index contributed by atoms with van der Waals surface area (Å²) in [6, 6.07) is 11.5. The molecule has 0 spiro atoms. The Hall–Kier alpha value is -3.66. The zero-order chi connectivity index (χ0) is 23.2. The molecule has 0 unspecified atom stereocenters. The van der Waals surface area contributed by atoms with Gasteiger partial charge in [0.25, 0.3) is 10.0 Å². The SMILES string of the molecule is COc1ccc(S(=O)(=O)Nc2ccccc2C(=O)OC/C(O)=C(\C(C)=N)C(C)=O)cc1. The molecule has 0 atom stereocenters. The first-order chi connectivity index (χ1) is 14.6. The lowest BCUT2D eigenvalue weighted by atomic mass is 10.1. The summed E-state index contributed by atoms with van der Waals surface area (Å²) < 4.78 is 37.7. The molecule has 0 radical (unpaired) electrons. The highest BCUT2D eigenvalue weighted by molar-refractivity contribution is 7.92. The summed E-state index contributed by atoms with van der Waals surface area (Å²) in [5.41, 5.74) is -0.542. The number of carbonyl (C=O) groups excluding carboxylic acids is 2. The molecule has 9 nitrogen and oxygen atoms in total. The summed E-state index contributed by atoms with van der Waals surface area (Å²) in [6.07, 6.45) is 0. The van der Waals surface area contributed by atoms with Crippen LogP contribution in [-0.4, -0.2) is 44.7 Å². The number of nitrogens with one attached hydrogen (secondary N) is 2. The number of ketones is 1. The maximum absolute atomic E-state index is 12.7. The van der Waals surface area contributed by atoms with E-state index in [2.05, 4.69) is 4.72 Å². The van der Waals surface area contributed by atoms with Crippen LogP contribution in [0.2, 0.25) is 0 Å². The van der Waals surface area contributed by atoms with Gasteiger partial charge in [0.2, 0.25) is 0 Å². The van der Waals surface area contributed by atoms with Crippen molar-refractivity contribution in [3.63, 3.8) is 0 Å². The number of carbonyl (C=O) groups is 2. The van der Waals surface area contributed by atoms with Crippen molar-refractivity contribution in [3.8, 4) is 5.75 Å². The molecule has 0 aliphatic heterocycles. The second kappa shape index (κ2) is 9.90. The monoisotopic (exact) mass is 446 g/mol. The highest BCUT2D eigenvalue weighted by atomic mass is 32.2. The van der Waals surface area contributed by atoms with E-state index >= 15 is 0 Å². The minimum Gasteiger partial charge on any atom is -0.508 e. The Kier molecular flexibility index (Phi) is 7.54. The maximum atomic E-state index is 12.7. The van der Waals surface area contributed by atoms with Gasteiger partial charge in [-0.3, -0.25) is 9.52 Å². The first-order valence-corrected chi connectivity index (χ1v) is 10.5. The average molecular weight is 446 g/mol. The number of allylic oxidation sites excluding steroid dienone is 1. The zero-order valence-corrected chi connectivity index (χ0v) is 17.9. The van der Waals surface area contributed by atoms with Crippen molar-refractivity contribution >= 4 is 33.2 Å². The molecule has 0 aliphatic rings. The number of sulfonamides is 1. The van der Waals surface area contributed by atoms with Gasteiger partial charge in [0.1, 0.15) is 18.1 Å². The van der Waals surface area contributed by atoms with Gasteiger partial charge in [-0.05, 0) is 50.2 Å². The molecule has 0 fully saturated rings. The van der Waals surface area contributed by atoms with Crippen molar-refractivity contribution < 1.29 is 32.6 Å². The third kappa shape index (κ3) is 5.92. The number of esters is 1. The molecule has 0 aliphatic carbocycles. The molecule has 0 amide bonds. The fourth-order valence-corrected chi connectivity index (χ4v) is 3.76. The van der Waals surface area contributed by atoms with E-state index in [9.17, 15) is 23.1 Å². The summed E-state index contributed by atoms with van der Waals surface area (Å²) in [7, 11) is -2.55. The highest BCUT2D eigenvalue weighted by Gasteiger charge is 2.21. The van der Waals surface area contributed by atoms with E-state index in [0.717, 1.165) is 0 Å². The van der Waals surface area contributed by atoms with Crippen molar-refractivity contribution in [1.82, 2.24) is 0 Å². The lowest BCUT2D eigenvalue weighted by Gasteiger charge is -2.13. The second-order valence-electron chi connectivity index (χ2n) is 6.41. The molecule has 0 heterocycles. The Morgan fingerprint density at radius 2 is 1.68 bits per heavy atom. The number of benzene rings is 2. The summed E-state index contributed by atoms with van der Waals surface area (Å²) >= 11 is 0. The Balaban J connectivity index is 2.25. The topological polar surface area (TPSA) is 143 Å². The molecule has 2 aromatic carbocycles. The van der Waals surface area contributed by atoms with Gasteiger partial charge in [0.15, 0.2) is 5.78 Å². The van der Waals surface area contributed by atoms with Crippen LogP contribution in [0.15, 0.2) is 64.8 Å². The van der Waals surface area contributed by atoms with E-state index in [1.165, 1.54) is 69.5 Å². The van der Waals surface area contributed by atoms with Crippen molar-refractivity contribution in [1.29, 1.82) is 5.41 Å². The number of aliphatic hydroxyl groups is 1. The normalized spacial score (nSPS) is 11.8. The number of anilines is 1. The van der Waals surface area contributed by atoms with Crippen molar-refractivity contribution in [2.45, 2.75) is 18.7 Å². The molecule has 2 aromatic rings. The fraction of sp³-hybridized carbons (Fsp3) is 0.190. The predicted molar refractivity (Wildman–Crippen MR) is 114 cm³/mol. The average Bonchev–Trinajstić information content (AvgIpc) is 2.71. The van der Waals surface area contributed by atoms with Gasteiger partial charge < -0.3 is 20.0 Å². The Labute approximate surface area is 179 Å². The first kappa shape index (κ1) is 23.6. The van der Waals surface area contributed by atoms with E-state index in [1.54, 1.807) is 0 Å². The Morgan fingerprint density at radius 1 is 1.06 bits per heavy atom. The van der Waals surface area contributed by atoms with Gasteiger partial charge >= 0.3 is 5.97 Å². The van der Waals surface area contributed by atoms with Crippen LogP contribution in [0.4, 0.5) is 5.69 Å². The molecule has 31 heavy (non-hydrogen) atoms. The minimum absolute atomic E-state index is 0.0261. The molecule has 0 saturated heterocycles. The molecule has 3 N–H and O–H groups in total. The van der Waals surface area contributed by atoms with Crippen molar-refractivity contribution in [3.05, 3.63) is 65.4 Å². The van der Waals surface area contributed by atoms with Crippen molar-refractivity contribution in [2.24, 2.45) is 0 Å². The molecule has 0 bridgehead atoms. The number of ether oxygens (including phenoxy) is 2. The van der Waals surface area contributed by atoms with Crippen LogP contribution >= 0.6 is 0 Å². The van der Waals surface area contributed by atoms with Crippen LogP contribution < -0.4 is 9.46 Å². The van der Waals surface area contributed by atoms with Crippen molar-refractivity contribution in [2.75, 3.05) is 18.4 Å². The van der Waals surface area contributed by atoms with E-state index in [0.29, 0.717) is 5.75 Å². The Morgan fingerprint density at radius 3 is 2.23 bits per heavy atom. The quantitative estimate of drug-likeness (QED) is 0.232. The minimum atomic E-state index is -4.01. The standard InChI is InChI=1S/C21H22N2O7S/c1-13(22)20(14(2)24)19(25)12-30-21(26)17-6-4-5-7-18(17)23-31(27,28)16-10-8-15(29-3)9-11-16/h4-11,22-23,25H,12H2,1-3H3/b20-19-,22-13?. The van der Waals surface area contributed by atoms with E-state index in [4.69, 9.17) is 14.9 Å². The number of Topliss-reactive ketones (excluding diaryl/α,β-unsaturated/α-hetero) is 1. The van der Waals surface area contributed by atoms with Gasteiger partial charge in [-0.1, -0.05) is 12.1 Å². The third-order valence-corrected chi connectivity index (χ3v) is 5.50. The first-order valence-electron chi connectivity index (χ1n) is 8.98. The third-order valence-electron chi connectivity index (χ3n) is 4.12. The maximum Gasteiger partial charge on any atom is 0.340 e. The number of aliphatic hydroxyl groups excluding tert-OH is 1. The summed E-state index contributed by atoms with van der Waals surface area (Å²) in [5.74, 6) is -1.55. The van der Waals surface area contributed by atoms with Gasteiger partial charge in [0, 0.05) is 5.71 Å². The fourth-order valence-electron chi connectivity index (χ4n) is 2.68. The zero-order valence-electron chi connectivity index (χ0n) is 17.1. The van der Waals surface area contributed by atoms with Gasteiger partial charge in [-0.2, -0.15) is 0 Å². The largest absolute Gasteiger partial charge is 0.508 e. The van der Waals surface area contributed by atoms with Crippen LogP contribution in [0.25, 0.3) is 0 Å². The summed E-state index contributed by atoms with van der Waals surface area (Å²) in [4.78, 5) is 24.0. The van der Waals surface area contributed by atoms with Crippen LogP contribution in [-0.2, 0) is 19.6 Å².